The van der Waals surface area contributed by atoms with Crippen molar-refractivity contribution in [3.8, 4) is 5.75 Å². The van der Waals surface area contributed by atoms with Gasteiger partial charge in [0.15, 0.2) is 6.10 Å². The number of nitrogens with one attached hydrogen (secondary N) is 3. The lowest BCUT2D eigenvalue weighted by atomic mass is 9.90. The number of benzene rings is 3. The van der Waals surface area contributed by atoms with Gasteiger partial charge in [-0.15, -0.1) is 0 Å². The van der Waals surface area contributed by atoms with Crippen molar-refractivity contribution in [2.24, 2.45) is 0 Å². The smallest absolute Gasteiger partial charge is 0.325 e. The minimum Gasteiger partial charge on any atom is -0.479 e. The van der Waals surface area contributed by atoms with E-state index in [1.54, 1.807) is 38.1 Å². The minimum absolute atomic E-state index is 0.289. The van der Waals surface area contributed by atoms with Gasteiger partial charge in [0, 0.05) is 5.69 Å². The second-order valence-electron chi connectivity index (χ2n) is 8.52. The summed E-state index contributed by atoms with van der Waals surface area (Å²) >= 11 is 0. The van der Waals surface area contributed by atoms with Gasteiger partial charge in [-0.2, -0.15) is 0 Å². The standard InChI is InChI=1S/C25H22N4O5/c1-14-22(31)27-19-12-18(9-10-20(19)34-14)26-21(30)13-29-23(32)25(2,28-24(29)33)17-8-7-15-5-3-4-6-16(15)11-17/h3-12,14H,13H2,1-2H3,(H,26,30)(H,27,31)(H,28,33)/t14-,25+/m1/s1. The van der Waals surface area contributed by atoms with Crippen LogP contribution in [0.3, 0.4) is 0 Å². The summed E-state index contributed by atoms with van der Waals surface area (Å²) in [5, 5.41) is 10.0. The summed E-state index contributed by atoms with van der Waals surface area (Å²) in [5.74, 6) is -0.862. The molecule has 2 aliphatic rings. The molecule has 0 saturated carbocycles. The van der Waals surface area contributed by atoms with Gasteiger partial charge < -0.3 is 20.7 Å². The average molecular weight is 458 g/mol. The predicted octanol–water partition coefficient (Wildman–Crippen LogP) is 2.96. The Balaban J connectivity index is 1.31. The van der Waals surface area contributed by atoms with Gasteiger partial charge in [-0.1, -0.05) is 36.4 Å². The van der Waals surface area contributed by atoms with Crippen LogP contribution in [-0.4, -0.2) is 41.3 Å². The number of amides is 5. The van der Waals surface area contributed by atoms with E-state index in [2.05, 4.69) is 16.0 Å². The Morgan fingerprint density at radius 1 is 1.06 bits per heavy atom. The van der Waals surface area contributed by atoms with Crippen LogP contribution in [0.15, 0.2) is 60.7 Å². The van der Waals surface area contributed by atoms with Crippen molar-refractivity contribution < 1.29 is 23.9 Å². The molecular formula is C25H22N4O5. The number of imide groups is 1. The molecule has 9 heteroatoms. The van der Waals surface area contributed by atoms with Crippen LogP contribution in [0.2, 0.25) is 0 Å². The molecule has 3 aromatic rings. The molecular weight excluding hydrogens is 436 g/mol. The van der Waals surface area contributed by atoms with Crippen molar-refractivity contribution in [2.75, 3.05) is 17.2 Å². The normalized spacial score (nSPS) is 21.5. The van der Waals surface area contributed by atoms with Crippen LogP contribution in [0.1, 0.15) is 19.4 Å². The lowest BCUT2D eigenvalue weighted by molar-refractivity contribution is -0.133. The van der Waals surface area contributed by atoms with Crippen molar-refractivity contribution in [1.82, 2.24) is 10.2 Å². The zero-order chi connectivity index (χ0) is 24.0. The van der Waals surface area contributed by atoms with Crippen molar-refractivity contribution in [2.45, 2.75) is 25.5 Å². The summed E-state index contributed by atoms with van der Waals surface area (Å²) in [4.78, 5) is 51.2. The lowest BCUT2D eigenvalue weighted by Gasteiger charge is -2.24. The van der Waals surface area contributed by atoms with Gasteiger partial charge in [-0.3, -0.25) is 19.3 Å². The fraction of sp³-hybridized carbons (Fsp3) is 0.200. The molecule has 5 amide bonds. The molecule has 5 rings (SSSR count). The van der Waals surface area contributed by atoms with Crippen LogP contribution in [0.25, 0.3) is 10.8 Å². The number of anilines is 2. The third kappa shape index (κ3) is 3.61. The molecule has 0 spiro atoms. The van der Waals surface area contributed by atoms with E-state index in [4.69, 9.17) is 4.74 Å². The first-order valence-electron chi connectivity index (χ1n) is 10.8. The van der Waals surface area contributed by atoms with Crippen LogP contribution in [-0.2, 0) is 19.9 Å². The van der Waals surface area contributed by atoms with E-state index in [0.717, 1.165) is 15.7 Å². The maximum Gasteiger partial charge on any atom is 0.325 e. The first-order chi connectivity index (χ1) is 16.2. The number of nitrogens with zero attached hydrogens (tertiary/aromatic N) is 1. The zero-order valence-electron chi connectivity index (χ0n) is 18.5. The highest BCUT2D eigenvalue weighted by Gasteiger charge is 2.49. The van der Waals surface area contributed by atoms with Gasteiger partial charge in [-0.25, -0.2) is 4.79 Å². The average Bonchev–Trinajstić information content (AvgIpc) is 3.03. The van der Waals surface area contributed by atoms with Gasteiger partial charge in [-0.05, 0) is 54.4 Å². The van der Waals surface area contributed by atoms with Crippen LogP contribution in [0.5, 0.6) is 5.75 Å². The molecule has 2 aliphatic heterocycles. The monoisotopic (exact) mass is 458 g/mol. The van der Waals surface area contributed by atoms with Crippen molar-refractivity contribution >= 4 is 45.9 Å². The summed E-state index contributed by atoms with van der Waals surface area (Å²) in [6, 6.07) is 17.4. The number of ether oxygens (including phenoxy) is 1. The first-order valence-corrected chi connectivity index (χ1v) is 10.8. The molecule has 34 heavy (non-hydrogen) atoms. The quantitative estimate of drug-likeness (QED) is 0.520. The third-order valence-corrected chi connectivity index (χ3v) is 6.10. The molecule has 9 nitrogen and oxygen atoms in total. The number of carbonyl (C=O) groups is 4. The Hall–Kier alpha value is -4.40. The molecule has 0 unspecified atom stereocenters. The molecule has 0 radical (unpaired) electrons. The van der Waals surface area contributed by atoms with Gasteiger partial charge in [0.1, 0.15) is 17.8 Å². The zero-order valence-corrected chi connectivity index (χ0v) is 18.5. The molecule has 0 bridgehead atoms. The van der Waals surface area contributed by atoms with E-state index in [9.17, 15) is 19.2 Å². The molecule has 2 atom stereocenters. The highest BCUT2D eigenvalue weighted by Crippen LogP contribution is 2.33. The largest absolute Gasteiger partial charge is 0.479 e. The van der Waals surface area contributed by atoms with Crippen molar-refractivity contribution in [3.05, 3.63) is 66.2 Å². The Bertz CT molecular complexity index is 1370. The van der Waals surface area contributed by atoms with Crippen LogP contribution < -0.4 is 20.7 Å². The Labute approximate surface area is 195 Å². The number of fused-ring (bicyclic) bond motifs is 2. The maximum absolute atomic E-state index is 13.2. The second kappa shape index (κ2) is 7.87. The Morgan fingerprint density at radius 3 is 2.62 bits per heavy atom. The maximum atomic E-state index is 13.2. The summed E-state index contributed by atoms with van der Waals surface area (Å²) in [6.07, 6.45) is -0.607. The number of carbonyl (C=O) groups excluding carboxylic acids is 4. The van der Waals surface area contributed by atoms with Crippen molar-refractivity contribution in [1.29, 1.82) is 0 Å². The summed E-state index contributed by atoms with van der Waals surface area (Å²) < 4.78 is 5.50. The second-order valence-corrected chi connectivity index (χ2v) is 8.52. The van der Waals surface area contributed by atoms with Gasteiger partial charge >= 0.3 is 6.03 Å². The summed E-state index contributed by atoms with van der Waals surface area (Å²) in [5.41, 5.74) is 0.171. The number of hydrogen-bond donors (Lipinski definition) is 3. The summed E-state index contributed by atoms with van der Waals surface area (Å²) in [6.45, 7) is 2.81. The van der Waals surface area contributed by atoms with E-state index in [0.29, 0.717) is 22.7 Å². The number of rotatable bonds is 4. The van der Waals surface area contributed by atoms with E-state index in [1.807, 2.05) is 36.4 Å². The number of urea groups is 1. The van der Waals surface area contributed by atoms with E-state index in [-0.39, 0.29) is 5.91 Å². The topological polar surface area (TPSA) is 117 Å². The SMILES string of the molecule is C[C@H]1Oc2ccc(NC(=O)CN3C(=O)N[C@@](C)(c4ccc5ccccc5c4)C3=O)cc2NC1=O. The molecule has 0 aliphatic carbocycles. The third-order valence-electron chi connectivity index (χ3n) is 6.10. The van der Waals surface area contributed by atoms with Gasteiger partial charge in [0.25, 0.3) is 11.8 Å². The Morgan fingerprint density at radius 2 is 1.82 bits per heavy atom. The highest BCUT2D eigenvalue weighted by molar-refractivity contribution is 6.10. The van der Waals surface area contributed by atoms with E-state index >= 15 is 0 Å². The minimum atomic E-state index is -1.29. The van der Waals surface area contributed by atoms with Crippen LogP contribution >= 0.6 is 0 Å². The number of hydrogen-bond acceptors (Lipinski definition) is 5. The highest BCUT2D eigenvalue weighted by atomic mass is 16.5. The van der Waals surface area contributed by atoms with E-state index < -0.39 is 36.0 Å². The molecule has 3 N–H and O–H groups in total. The molecule has 0 aromatic heterocycles. The van der Waals surface area contributed by atoms with Crippen LogP contribution in [0, 0.1) is 0 Å². The van der Waals surface area contributed by atoms with Gasteiger partial charge in [0.2, 0.25) is 5.91 Å². The molecule has 1 fully saturated rings. The molecule has 172 valence electrons. The molecule has 3 aromatic carbocycles. The van der Waals surface area contributed by atoms with Gasteiger partial charge in [0.05, 0.1) is 5.69 Å². The molecule has 2 heterocycles. The fourth-order valence-electron chi connectivity index (χ4n) is 4.17. The summed E-state index contributed by atoms with van der Waals surface area (Å²) in [7, 11) is 0. The molecule has 1 saturated heterocycles. The fourth-order valence-corrected chi connectivity index (χ4v) is 4.17. The lowest BCUT2D eigenvalue weighted by Crippen LogP contribution is -2.42. The van der Waals surface area contributed by atoms with E-state index in [1.165, 1.54) is 0 Å². The van der Waals surface area contributed by atoms with Crippen molar-refractivity contribution in [3.63, 3.8) is 0 Å². The Kier molecular flexibility index (Phi) is 4.97. The van der Waals surface area contributed by atoms with Crippen LogP contribution in [0.4, 0.5) is 16.2 Å². The predicted molar refractivity (Wildman–Crippen MR) is 125 cm³/mol. The first kappa shape index (κ1) is 21.4.